The highest BCUT2D eigenvalue weighted by atomic mass is 32.1. The van der Waals surface area contributed by atoms with Gasteiger partial charge in [-0.05, 0) is 58.3 Å². The predicted octanol–water partition coefficient (Wildman–Crippen LogP) is 4.98. The summed E-state index contributed by atoms with van der Waals surface area (Å²) in [5.41, 5.74) is 1.33. The van der Waals surface area contributed by atoms with Crippen molar-refractivity contribution in [2.24, 2.45) is 0 Å². The molecule has 0 saturated carbocycles. The highest BCUT2D eigenvalue weighted by molar-refractivity contribution is 7.17. The normalized spacial score (nSPS) is 10.7. The van der Waals surface area contributed by atoms with E-state index in [1.165, 1.54) is 6.42 Å². The molecule has 1 aromatic carbocycles. The number of hydrogen-bond donors (Lipinski definition) is 3. The van der Waals surface area contributed by atoms with Gasteiger partial charge in [0.25, 0.3) is 0 Å². The Morgan fingerprint density at radius 3 is 2.56 bits per heavy atom. The van der Waals surface area contributed by atoms with Crippen molar-refractivity contribution in [2.75, 3.05) is 30.8 Å². The quantitative estimate of drug-likeness (QED) is 0.230. The molecule has 0 aliphatic rings. The van der Waals surface area contributed by atoms with Gasteiger partial charge in [-0.2, -0.15) is 4.98 Å². The molecule has 0 aliphatic heterocycles. The maximum atomic E-state index is 12.4. The van der Waals surface area contributed by atoms with E-state index < -0.39 is 5.97 Å². The first kappa shape index (κ1) is 29.7. The molecule has 11 nitrogen and oxygen atoms in total. The van der Waals surface area contributed by atoms with Gasteiger partial charge in [0.2, 0.25) is 17.6 Å². The molecule has 39 heavy (non-hydrogen) atoms. The molecule has 1 amide bonds. The minimum absolute atomic E-state index is 0.187. The summed E-state index contributed by atoms with van der Waals surface area (Å²) >= 11 is 1.10. The number of carbonyl (C=O) groups is 2. The molecule has 4 rings (SSSR count). The summed E-state index contributed by atoms with van der Waals surface area (Å²) in [7, 11) is 1.96. The van der Waals surface area contributed by atoms with Crippen LogP contribution in [0.1, 0.15) is 54.9 Å². The van der Waals surface area contributed by atoms with Gasteiger partial charge in [0.15, 0.2) is 5.13 Å². The lowest BCUT2D eigenvalue weighted by Crippen LogP contribution is -2.16. The van der Waals surface area contributed by atoms with Crippen LogP contribution in [0.25, 0.3) is 22.2 Å². The van der Waals surface area contributed by atoms with Gasteiger partial charge in [-0.15, -0.1) is 0 Å². The second kappa shape index (κ2) is 14.3. The maximum absolute atomic E-state index is 12.4. The van der Waals surface area contributed by atoms with E-state index in [-0.39, 0.29) is 18.4 Å². The molecule has 0 atom stereocenters. The second-order valence-corrected chi connectivity index (χ2v) is 9.95. The molecule has 4 aromatic rings. The maximum Gasteiger partial charge on any atom is 0.350 e. The van der Waals surface area contributed by atoms with Crippen LogP contribution in [-0.4, -0.2) is 58.2 Å². The Morgan fingerprint density at radius 1 is 1.13 bits per heavy atom. The van der Waals surface area contributed by atoms with Gasteiger partial charge in [-0.25, -0.2) is 14.8 Å². The number of anilines is 2. The van der Waals surface area contributed by atoms with E-state index in [2.05, 4.69) is 43.0 Å². The van der Waals surface area contributed by atoms with E-state index in [1.54, 1.807) is 33.9 Å². The molecule has 0 fully saturated rings. The number of aryl methyl sites for hydroxylation is 2. The molecular weight excluding hydrogens is 518 g/mol. The minimum Gasteiger partial charge on any atom is -0.459 e. The van der Waals surface area contributed by atoms with E-state index in [0.717, 1.165) is 34.2 Å². The molecule has 208 valence electrons. The summed E-state index contributed by atoms with van der Waals surface area (Å²) in [6.07, 6.45) is 2.90. The summed E-state index contributed by atoms with van der Waals surface area (Å²) in [5.74, 6) is 0.975. The summed E-state index contributed by atoms with van der Waals surface area (Å²) in [6, 6.07) is 7.73. The minimum atomic E-state index is -0.440. The van der Waals surface area contributed by atoms with Gasteiger partial charge < -0.3 is 25.2 Å². The number of esters is 1. The number of hydrogen-bond acceptors (Lipinski definition) is 11. The molecule has 12 heteroatoms. The topological polar surface area (TPSA) is 144 Å². The summed E-state index contributed by atoms with van der Waals surface area (Å²) in [6.45, 7) is 10.7. The zero-order valence-electron chi connectivity index (χ0n) is 23.1. The molecule has 0 aliphatic carbocycles. The number of carbonyl (C=O) groups excluding carboxylic acids is 2. The van der Waals surface area contributed by atoms with Crippen LogP contribution in [0.15, 0.2) is 35.0 Å². The zero-order chi connectivity index (χ0) is 28.4. The smallest absolute Gasteiger partial charge is 0.350 e. The predicted molar refractivity (Wildman–Crippen MR) is 153 cm³/mol. The Balaban J connectivity index is 0.000000771. The lowest BCUT2D eigenvalue weighted by Gasteiger charge is -2.09. The Hall–Kier alpha value is -3.90. The van der Waals surface area contributed by atoms with Gasteiger partial charge >= 0.3 is 5.97 Å². The lowest BCUT2D eigenvalue weighted by molar-refractivity contribution is -0.115. The first-order valence-electron chi connectivity index (χ1n) is 12.8. The van der Waals surface area contributed by atoms with Crippen molar-refractivity contribution in [1.82, 2.24) is 25.4 Å². The van der Waals surface area contributed by atoms with E-state index in [4.69, 9.17) is 9.26 Å². The van der Waals surface area contributed by atoms with E-state index in [9.17, 15) is 9.59 Å². The highest BCUT2D eigenvalue weighted by Crippen LogP contribution is 2.27. The monoisotopic (exact) mass is 553 g/mol. The Kier molecular flexibility index (Phi) is 10.9. The number of rotatable bonds is 10. The van der Waals surface area contributed by atoms with Gasteiger partial charge in [0, 0.05) is 37.0 Å². The average Bonchev–Trinajstić information content (AvgIpc) is 3.49. The number of fused-ring (bicyclic) bond motifs is 1. The Morgan fingerprint density at radius 2 is 1.92 bits per heavy atom. The van der Waals surface area contributed by atoms with Gasteiger partial charge in [0.1, 0.15) is 10.7 Å². The number of ether oxygens (including phenoxy) is 1. The molecule has 3 N–H and O–H groups in total. The fourth-order valence-electron chi connectivity index (χ4n) is 3.50. The zero-order valence-corrected chi connectivity index (χ0v) is 23.9. The molecule has 3 aromatic heterocycles. The number of nitrogens with zero attached hydrogens (tertiary/aromatic N) is 4. The van der Waals surface area contributed by atoms with Crippen LogP contribution < -0.4 is 16.0 Å². The van der Waals surface area contributed by atoms with Crippen molar-refractivity contribution in [2.45, 2.75) is 53.6 Å². The van der Waals surface area contributed by atoms with E-state index in [0.29, 0.717) is 39.8 Å². The Bertz CT molecular complexity index is 1400. The fraction of sp³-hybridized carbons (Fsp3) is 0.407. The highest BCUT2D eigenvalue weighted by Gasteiger charge is 2.19. The second-order valence-electron chi connectivity index (χ2n) is 8.95. The van der Waals surface area contributed by atoms with Crippen molar-refractivity contribution in [3.8, 4) is 11.4 Å². The number of nitrogens with one attached hydrogen (secondary N) is 3. The molecular formula is C27H35N7O4S. The van der Waals surface area contributed by atoms with Crippen LogP contribution in [0.2, 0.25) is 0 Å². The lowest BCUT2D eigenvalue weighted by atomic mass is 10.1. The molecule has 0 saturated heterocycles. The van der Waals surface area contributed by atoms with E-state index >= 15 is 0 Å². The first-order chi connectivity index (χ1) is 18.7. The summed E-state index contributed by atoms with van der Waals surface area (Å²) in [5, 5.41) is 15.2. The molecule has 0 radical (unpaired) electrons. The molecule has 3 heterocycles. The first-order valence-corrected chi connectivity index (χ1v) is 13.6. The van der Waals surface area contributed by atoms with Crippen molar-refractivity contribution < 1.29 is 18.8 Å². The van der Waals surface area contributed by atoms with Crippen molar-refractivity contribution in [1.29, 1.82) is 0 Å². The van der Waals surface area contributed by atoms with Crippen LogP contribution in [-0.2, 0) is 9.53 Å². The summed E-state index contributed by atoms with van der Waals surface area (Å²) < 4.78 is 10.3. The molecule has 0 spiro atoms. The number of benzene rings is 1. The fourth-order valence-corrected chi connectivity index (χ4v) is 4.36. The SMILES string of the molecule is CCCNC.Cc1nc(-c2ccc3ccnc(NCCC(=O)Nc4nc(C)c(C(=O)OC(C)C)s4)c3c2)no1. The molecule has 0 bridgehead atoms. The van der Waals surface area contributed by atoms with Crippen molar-refractivity contribution >= 4 is 44.9 Å². The number of pyridine rings is 1. The third kappa shape index (κ3) is 8.55. The molecule has 0 unspecified atom stereocenters. The van der Waals surface area contributed by atoms with Crippen molar-refractivity contribution in [3.05, 3.63) is 46.9 Å². The van der Waals surface area contributed by atoms with Gasteiger partial charge in [-0.3, -0.25) is 4.79 Å². The third-order valence-electron chi connectivity index (χ3n) is 5.27. The summed E-state index contributed by atoms with van der Waals surface area (Å²) in [4.78, 5) is 37.9. The van der Waals surface area contributed by atoms with Crippen molar-refractivity contribution in [3.63, 3.8) is 0 Å². The average molecular weight is 554 g/mol. The van der Waals surface area contributed by atoms with Crippen LogP contribution in [0.5, 0.6) is 0 Å². The number of amides is 1. The number of aromatic nitrogens is 4. The van der Waals surface area contributed by atoms with Gasteiger partial charge in [0.05, 0.1) is 11.8 Å². The van der Waals surface area contributed by atoms with Gasteiger partial charge in [-0.1, -0.05) is 35.5 Å². The number of thiazole rings is 1. The standard InChI is InChI=1S/C23H24N6O4S.C4H11N/c1-12(2)32-22(31)19-13(3)26-23(34-19)28-18(30)8-10-25-21-17-11-16(20-27-14(4)33-29-20)6-5-15(17)7-9-24-21;1-3-4-5-2/h5-7,9,11-12H,8,10H2,1-4H3,(H,24,25)(H,26,28,30);5H,3-4H2,1-2H3. The van der Waals surface area contributed by atoms with Crippen LogP contribution in [0.4, 0.5) is 10.9 Å². The van der Waals surface area contributed by atoms with Crippen LogP contribution in [0.3, 0.4) is 0 Å². The van der Waals surface area contributed by atoms with Crippen LogP contribution >= 0.6 is 11.3 Å². The largest absolute Gasteiger partial charge is 0.459 e. The third-order valence-corrected chi connectivity index (χ3v) is 6.32. The van der Waals surface area contributed by atoms with E-state index in [1.807, 2.05) is 31.3 Å². The Labute approximate surface area is 231 Å². The van der Waals surface area contributed by atoms with Crippen LogP contribution in [0, 0.1) is 13.8 Å².